The Labute approximate surface area is 107 Å². The summed E-state index contributed by atoms with van der Waals surface area (Å²) in [5.41, 5.74) is 0. The van der Waals surface area contributed by atoms with Crippen LogP contribution in [0.2, 0.25) is 0 Å². The van der Waals surface area contributed by atoms with E-state index in [4.69, 9.17) is 4.74 Å². The first kappa shape index (κ1) is 15.0. The van der Waals surface area contributed by atoms with Crippen LogP contribution in [0.4, 0.5) is 4.39 Å². The summed E-state index contributed by atoms with van der Waals surface area (Å²) in [5.74, 6) is -0.847. The van der Waals surface area contributed by atoms with Crippen molar-refractivity contribution in [1.82, 2.24) is 9.29 Å². The Balaban J connectivity index is 3.15. The minimum Gasteiger partial charge on any atom is -0.383 e. The second kappa shape index (κ2) is 6.21. The van der Waals surface area contributed by atoms with E-state index in [1.54, 1.807) is 13.8 Å². The largest absolute Gasteiger partial charge is 0.383 e. The van der Waals surface area contributed by atoms with Gasteiger partial charge in [0.25, 0.3) is 10.0 Å². The van der Waals surface area contributed by atoms with Crippen LogP contribution in [-0.4, -0.2) is 44.0 Å². The predicted octanol–water partition coefficient (Wildman–Crippen LogP) is 1.27. The van der Waals surface area contributed by atoms with Gasteiger partial charge in [-0.05, 0) is 19.1 Å². The number of pyridine rings is 1. The van der Waals surface area contributed by atoms with Crippen LogP contribution in [0, 0.1) is 5.82 Å². The SMILES string of the molecule is CCN(C(C)COC)S(=O)(=O)c1ncccc1F. The molecule has 0 aliphatic carbocycles. The molecule has 1 rings (SSSR count). The predicted molar refractivity (Wildman–Crippen MR) is 65.1 cm³/mol. The standard InChI is InChI=1S/C11H17FN2O3S/c1-4-14(9(2)8-17-3)18(15,16)11-10(12)6-5-7-13-11/h5-7,9H,4,8H2,1-3H3. The van der Waals surface area contributed by atoms with E-state index in [1.165, 1.54) is 23.7 Å². The first-order valence-electron chi connectivity index (χ1n) is 5.56. The molecule has 1 aromatic heterocycles. The highest BCUT2D eigenvalue weighted by molar-refractivity contribution is 7.89. The van der Waals surface area contributed by atoms with Gasteiger partial charge in [0, 0.05) is 25.9 Å². The lowest BCUT2D eigenvalue weighted by atomic mass is 10.4. The highest BCUT2D eigenvalue weighted by Crippen LogP contribution is 2.18. The van der Waals surface area contributed by atoms with Gasteiger partial charge >= 0.3 is 0 Å². The third kappa shape index (κ3) is 3.04. The molecule has 1 heterocycles. The number of methoxy groups -OCH3 is 1. The van der Waals surface area contributed by atoms with Gasteiger partial charge in [0.2, 0.25) is 5.03 Å². The molecule has 7 heteroatoms. The van der Waals surface area contributed by atoms with E-state index < -0.39 is 20.9 Å². The number of likely N-dealkylation sites (N-methyl/N-ethyl adjacent to an activating group) is 1. The Morgan fingerprint density at radius 3 is 2.72 bits per heavy atom. The lowest BCUT2D eigenvalue weighted by Crippen LogP contribution is -2.41. The van der Waals surface area contributed by atoms with Gasteiger partial charge in [-0.2, -0.15) is 4.31 Å². The molecule has 1 unspecified atom stereocenters. The van der Waals surface area contributed by atoms with E-state index in [1.807, 2.05) is 0 Å². The molecule has 18 heavy (non-hydrogen) atoms. The second-order valence-corrected chi connectivity index (χ2v) is 5.61. The topological polar surface area (TPSA) is 59.5 Å². The molecule has 0 saturated carbocycles. The molecule has 102 valence electrons. The minimum atomic E-state index is -3.94. The maximum absolute atomic E-state index is 13.5. The summed E-state index contributed by atoms with van der Waals surface area (Å²) in [7, 11) is -2.45. The van der Waals surface area contributed by atoms with Crippen molar-refractivity contribution in [2.24, 2.45) is 0 Å². The molecule has 0 aliphatic heterocycles. The molecule has 0 amide bonds. The van der Waals surface area contributed by atoms with Gasteiger partial charge in [-0.25, -0.2) is 17.8 Å². The Hall–Kier alpha value is -1.05. The van der Waals surface area contributed by atoms with Gasteiger partial charge in [0.15, 0.2) is 5.82 Å². The van der Waals surface area contributed by atoms with Gasteiger partial charge < -0.3 is 4.74 Å². The number of rotatable bonds is 6. The van der Waals surface area contributed by atoms with Crippen LogP contribution >= 0.6 is 0 Å². The minimum absolute atomic E-state index is 0.225. The molecule has 1 atom stereocenters. The average molecular weight is 276 g/mol. The average Bonchev–Trinajstić information content (AvgIpc) is 2.30. The third-order valence-corrected chi connectivity index (χ3v) is 4.51. The maximum atomic E-state index is 13.5. The van der Waals surface area contributed by atoms with E-state index >= 15 is 0 Å². The zero-order valence-electron chi connectivity index (χ0n) is 10.6. The van der Waals surface area contributed by atoms with E-state index in [2.05, 4.69) is 4.98 Å². The quantitative estimate of drug-likeness (QED) is 0.785. The lowest BCUT2D eigenvalue weighted by molar-refractivity contribution is 0.142. The highest BCUT2D eigenvalue weighted by Gasteiger charge is 2.31. The van der Waals surface area contributed by atoms with Crippen molar-refractivity contribution in [3.05, 3.63) is 24.1 Å². The molecule has 1 aromatic rings. The molecule has 0 aliphatic rings. The highest BCUT2D eigenvalue weighted by atomic mass is 32.2. The van der Waals surface area contributed by atoms with Crippen LogP contribution in [0.25, 0.3) is 0 Å². The summed E-state index contributed by atoms with van der Waals surface area (Å²) < 4.78 is 44.2. The van der Waals surface area contributed by atoms with Gasteiger partial charge in [0.1, 0.15) is 0 Å². The number of nitrogens with zero attached hydrogens (tertiary/aromatic N) is 2. The van der Waals surface area contributed by atoms with E-state index in [0.29, 0.717) is 0 Å². The van der Waals surface area contributed by atoms with Crippen LogP contribution < -0.4 is 0 Å². The van der Waals surface area contributed by atoms with E-state index in [0.717, 1.165) is 6.07 Å². The molecule has 0 aromatic carbocycles. The number of sulfonamides is 1. The summed E-state index contributed by atoms with van der Waals surface area (Å²) in [5, 5.41) is -0.546. The first-order chi connectivity index (χ1) is 8.45. The summed E-state index contributed by atoms with van der Waals surface area (Å²) in [4.78, 5) is 3.62. The third-order valence-electron chi connectivity index (χ3n) is 2.49. The van der Waals surface area contributed by atoms with Crippen molar-refractivity contribution in [3.8, 4) is 0 Å². The van der Waals surface area contributed by atoms with Crippen LogP contribution in [-0.2, 0) is 14.8 Å². The molecule has 0 N–H and O–H groups in total. The zero-order chi connectivity index (χ0) is 13.8. The Morgan fingerprint density at radius 1 is 1.56 bits per heavy atom. The first-order valence-corrected chi connectivity index (χ1v) is 7.00. The molecule has 0 fully saturated rings. The van der Waals surface area contributed by atoms with Crippen molar-refractivity contribution >= 4 is 10.0 Å². The number of ether oxygens (including phenoxy) is 1. The van der Waals surface area contributed by atoms with E-state index in [9.17, 15) is 12.8 Å². The smallest absolute Gasteiger partial charge is 0.263 e. The van der Waals surface area contributed by atoms with Crippen LogP contribution in [0.3, 0.4) is 0 Å². The second-order valence-electron chi connectivity index (χ2n) is 3.80. The number of halogens is 1. The van der Waals surface area contributed by atoms with Gasteiger partial charge in [-0.3, -0.25) is 0 Å². The molecule has 0 saturated heterocycles. The maximum Gasteiger partial charge on any atom is 0.263 e. The Morgan fingerprint density at radius 2 is 2.22 bits per heavy atom. The summed E-state index contributed by atoms with van der Waals surface area (Å²) in [6.45, 7) is 3.85. The molecule has 0 radical (unpaired) electrons. The molecular formula is C11H17FN2O3S. The zero-order valence-corrected chi connectivity index (χ0v) is 11.4. The van der Waals surface area contributed by atoms with Gasteiger partial charge in [-0.1, -0.05) is 6.92 Å². The fourth-order valence-electron chi connectivity index (χ4n) is 1.71. The van der Waals surface area contributed by atoms with Crippen molar-refractivity contribution < 1.29 is 17.5 Å². The fraction of sp³-hybridized carbons (Fsp3) is 0.545. The van der Waals surface area contributed by atoms with Crippen molar-refractivity contribution in [2.45, 2.75) is 24.9 Å². The Kier molecular flexibility index (Phi) is 5.18. The number of hydrogen-bond acceptors (Lipinski definition) is 4. The fourth-order valence-corrected chi connectivity index (χ4v) is 3.32. The Bertz CT molecular complexity index is 493. The van der Waals surface area contributed by atoms with Gasteiger partial charge in [0.05, 0.1) is 6.61 Å². The lowest BCUT2D eigenvalue weighted by Gasteiger charge is -2.26. The summed E-state index contributed by atoms with van der Waals surface area (Å²) in [6, 6.07) is 2.05. The summed E-state index contributed by atoms with van der Waals surface area (Å²) in [6.07, 6.45) is 1.25. The molecular weight excluding hydrogens is 259 g/mol. The molecule has 0 bridgehead atoms. The van der Waals surface area contributed by atoms with Crippen molar-refractivity contribution in [2.75, 3.05) is 20.3 Å². The summed E-state index contributed by atoms with van der Waals surface area (Å²) >= 11 is 0. The normalized spacial score (nSPS) is 13.8. The van der Waals surface area contributed by atoms with E-state index in [-0.39, 0.29) is 19.2 Å². The molecule has 0 spiro atoms. The van der Waals surface area contributed by atoms with Crippen LogP contribution in [0.5, 0.6) is 0 Å². The number of aromatic nitrogens is 1. The molecule has 5 nitrogen and oxygen atoms in total. The van der Waals surface area contributed by atoms with Crippen LogP contribution in [0.15, 0.2) is 23.4 Å². The van der Waals surface area contributed by atoms with Crippen molar-refractivity contribution in [3.63, 3.8) is 0 Å². The van der Waals surface area contributed by atoms with Crippen LogP contribution in [0.1, 0.15) is 13.8 Å². The monoisotopic (exact) mass is 276 g/mol. The number of hydrogen-bond donors (Lipinski definition) is 0. The van der Waals surface area contributed by atoms with Crippen molar-refractivity contribution in [1.29, 1.82) is 0 Å². The van der Waals surface area contributed by atoms with Gasteiger partial charge in [-0.15, -0.1) is 0 Å².